The number of carbonyl (C=O) groups is 2. The molecule has 2 amide bonds. The lowest BCUT2D eigenvalue weighted by molar-refractivity contribution is -0.153. The molecule has 0 aliphatic carbocycles. The number of hydrogen-bond donors (Lipinski definition) is 2. The Morgan fingerprint density at radius 1 is 1.19 bits per heavy atom. The summed E-state index contributed by atoms with van der Waals surface area (Å²) in [6, 6.07) is 6.75. The molecule has 4 rings (SSSR count). The molecule has 2 atom stereocenters. The van der Waals surface area contributed by atoms with E-state index in [1.165, 1.54) is 0 Å². The molecule has 2 N–H and O–H groups in total. The topological polar surface area (TPSA) is 81.3 Å². The lowest BCUT2D eigenvalue weighted by Gasteiger charge is -2.45. The predicted molar refractivity (Wildman–Crippen MR) is 96.5 cm³/mol. The van der Waals surface area contributed by atoms with Crippen LogP contribution in [0.3, 0.4) is 0 Å². The van der Waals surface area contributed by atoms with Crippen molar-refractivity contribution in [3.05, 3.63) is 53.1 Å². The monoisotopic (exact) mass is 373 g/mol. The summed E-state index contributed by atoms with van der Waals surface area (Å²) in [4.78, 5) is 36.2. The number of nitrogens with zero attached hydrogens (tertiary/aromatic N) is 3. The fourth-order valence-corrected chi connectivity index (χ4v) is 3.73. The van der Waals surface area contributed by atoms with Crippen LogP contribution in [-0.2, 0) is 22.6 Å². The Morgan fingerprint density at radius 2 is 2.00 bits per heavy atom. The molecule has 1 aromatic heterocycles. The molecule has 0 unspecified atom stereocenters. The summed E-state index contributed by atoms with van der Waals surface area (Å²) in [5, 5.41) is 3.58. The highest BCUT2D eigenvalue weighted by Gasteiger charge is 2.43. The highest BCUT2D eigenvalue weighted by Crippen LogP contribution is 2.20. The number of nitrogens with one attached hydrogen (secondary N) is 2. The van der Waals surface area contributed by atoms with Gasteiger partial charge < -0.3 is 15.2 Å². The number of rotatable bonds is 4. The number of aromatic amines is 1. The van der Waals surface area contributed by atoms with Gasteiger partial charge in [0.25, 0.3) is 0 Å². The van der Waals surface area contributed by atoms with Gasteiger partial charge in [-0.1, -0.05) is 23.7 Å². The minimum Gasteiger partial charge on any atom is -0.348 e. The third kappa shape index (κ3) is 3.45. The highest BCUT2D eigenvalue weighted by atomic mass is 35.5. The predicted octanol–water partition coefficient (Wildman–Crippen LogP) is 0.817. The summed E-state index contributed by atoms with van der Waals surface area (Å²) < 4.78 is 0. The number of amides is 2. The maximum atomic E-state index is 12.8. The van der Waals surface area contributed by atoms with Gasteiger partial charge in [-0.05, 0) is 17.7 Å². The van der Waals surface area contributed by atoms with E-state index < -0.39 is 12.1 Å². The van der Waals surface area contributed by atoms with Gasteiger partial charge in [-0.25, -0.2) is 4.98 Å². The molecule has 0 saturated carbocycles. The number of imidazole rings is 1. The lowest BCUT2D eigenvalue weighted by Crippen LogP contribution is -2.69. The molecule has 0 spiro atoms. The zero-order valence-electron chi connectivity index (χ0n) is 14.2. The Balaban J connectivity index is 1.41. The maximum absolute atomic E-state index is 12.8. The van der Waals surface area contributed by atoms with Crippen molar-refractivity contribution in [2.45, 2.75) is 25.0 Å². The summed E-state index contributed by atoms with van der Waals surface area (Å²) in [7, 11) is 0. The molecule has 2 fully saturated rings. The van der Waals surface area contributed by atoms with Crippen molar-refractivity contribution < 1.29 is 9.59 Å². The zero-order valence-corrected chi connectivity index (χ0v) is 14.9. The second kappa shape index (κ2) is 7.09. The molecule has 2 aromatic rings. The first-order chi connectivity index (χ1) is 12.6. The van der Waals surface area contributed by atoms with Crippen LogP contribution in [0.5, 0.6) is 0 Å². The zero-order chi connectivity index (χ0) is 18.1. The van der Waals surface area contributed by atoms with E-state index in [1.807, 2.05) is 24.3 Å². The van der Waals surface area contributed by atoms with Gasteiger partial charge in [0.15, 0.2) is 0 Å². The second-order valence-corrected chi connectivity index (χ2v) is 7.19. The third-order valence-electron chi connectivity index (χ3n) is 4.96. The fourth-order valence-electron chi connectivity index (χ4n) is 3.60. The van der Waals surface area contributed by atoms with Crippen LogP contribution in [0.25, 0.3) is 0 Å². The molecule has 2 aliphatic rings. The van der Waals surface area contributed by atoms with Crippen LogP contribution in [0.4, 0.5) is 0 Å². The molecule has 0 bridgehead atoms. The van der Waals surface area contributed by atoms with E-state index in [0.717, 1.165) is 24.3 Å². The molecule has 136 valence electrons. The molecule has 0 radical (unpaired) electrons. The van der Waals surface area contributed by atoms with Gasteiger partial charge in [-0.3, -0.25) is 14.5 Å². The van der Waals surface area contributed by atoms with Crippen molar-refractivity contribution in [2.24, 2.45) is 0 Å². The van der Waals surface area contributed by atoms with Gasteiger partial charge >= 0.3 is 0 Å². The van der Waals surface area contributed by atoms with E-state index in [2.05, 4.69) is 20.2 Å². The lowest BCUT2D eigenvalue weighted by atomic mass is 10.0. The number of halogens is 1. The van der Waals surface area contributed by atoms with E-state index in [-0.39, 0.29) is 11.8 Å². The molecule has 2 aliphatic heterocycles. The maximum Gasteiger partial charge on any atom is 0.246 e. The normalized spacial score (nSPS) is 23.7. The number of fused-ring (bicyclic) bond motifs is 1. The van der Waals surface area contributed by atoms with E-state index in [9.17, 15) is 9.59 Å². The van der Waals surface area contributed by atoms with Crippen molar-refractivity contribution in [3.8, 4) is 0 Å². The smallest absolute Gasteiger partial charge is 0.246 e. The summed E-state index contributed by atoms with van der Waals surface area (Å²) in [5.41, 5.74) is 1.98. The minimum atomic E-state index is -0.526. The van der Waals surface area contributed by atoms with Crippen LogP contribution in [0.1, 0.15) is 11.3 Å². The Labute approximate surface area is 156 Å². The molecule has 7 nitrogen and oxygen atoms in total. The van der Waals surface area contributed by atoms with E-state index in [1.54, 1.807) is 17.4 Å². The molecular formula is C18H20ClN5O2. The first kappa shape index (κ1) is 17.1. The summed E-state index contributed by atoms with van der Waals surface area (Å²) in [5.74, 6) is -0.106. The molecular weight excluding hydrogens is 354 g/mol. The Kier molecular flexibility index (Phi) is 4.65. The van der Waals surface area contributed by atoms with E-state index in [4.69, 9.17) is 11.6 Å². The van der Waals surface area contributed by atoms with Crippen molar-refractivity contribution in [1.82, 2.24) is 25.1 Å². The summed E-state index contributed by atoms with van der Waals surface area (Å²) in [6.45, 7) is 2.58. The molecule has 1 aromatic carbocycles. The molecule has 2 saturated heterocycles. The van der Waals surface area contributed by atoms with Gasteiger partial charge in [-0.2, -0.15) is 0 Å². The standard InChI is InChI=1S/C18H20ClN5O2/c19-13-3-1-12(2-4-13)9-23-5-6-24-16(10-23)17(25)22-15(18(24)26)7-14-8-20-11-21-14/h1-4,8,11,15-16H,5-7,9-10H2,(H,20,21)(H,22,25)/t15-,16+/m0/s1. The Hall–Kier alpha value is -2.38. The number of carbonyl (C=O) groups excluding carboxylic acids is 2. The minimum absolute atomic E-state index is 0.0182. The number of hydrogen-bond acceptors (Lipinski definition) is 4. The van der Waals surface area contributed by atoms with Crippen LogP contribution >= 0.6 is 11.6 Å². The number of aromatic nitrogens is 2. The van der Waals surface area contributed by atoms with Gasteiger partial charge in [0, 0.05) is 49.5 Å². The number of piperazine rings is 2. The average Bonchev–Trinajstić information content (AvgIpc) is 3.14. The Bertz CT molecular complexity index is 792. The molecule has 3 heterocycles. The average molecular weight is 374 g/mol. The van der Waals surface area contributed by atoms with Gasteiger partial charge in [0.1, 0.15) is 12.1 Å². The van der Waals surface area contributed by atoms with Gasteiger partial charge in [0.2, 0.25) is 11.8 Å². The van der Waals surface area contributed by atoms with Crippen molar-refractivity contribution in [2.75, 3.05) is 19.6 Å². The first-order valence-corrected chi connectivity index (χ1v) is 9.03. The first-order valence-electron chi connectivity index (χ1n) is 8.65. The number of H-pyrrole nitrogens is 1. The quantitative estimate of drug-likeness (QED) is 0.831. The Morgan fingerprint density at radius 3 is 2.73 bits per heavy atom. The van der Waals surface area contributed by atoms with Crippen LogP contribution < -0.4 is 5.32 Å². The largest absolute Gasteiger partial charge is 0.348 e. The van der Waals surface area contributed by atoms with E-state index in [0.29, 0.717) is 24.5 Å². The van der Waals surface area contributed by atoms with Crippen LogP contribution in [-0.4, -0.2) is 63.3 Å². The van der Waals surface area contributed by atoms with Crippen LogP contribution in [0.15, 0.2) is 36.8 Å². The summed E-state index contributed by atoms with van der Waals surface area (Å²) in [6.07, 6.45) is 3.68. The van der Waals surface area contributed by atoms with Gasteiger partial charge in [-0.15, -0.1) is 0 Å². The second-order valence-electron chi connectivity index (χ2n) is 6.75. The SMILES string of the molecule is O=C1N[C@@H](Cc2cnc[nH]2)C(=O)N2CCN(Cc3ccc(Cl)cc3)C[C@H]12. The van der Waals surface area contributed by atoms with E-state index >= 15 is 0 Å². The van der Waals surface area contributed by atoms with Crippen molar-refractivity contribution in [3.63, 3.8) is 0 Å². The fraction of sp³-hybridized carbons (Fsp3) is 0.389. The number of benzene rings is 1. The molecule has 26 heavy (non-hydrogen) atoms. The van der Waals surface area contributed by atoms with Crippen LogP contribution in [0.2, 0.25) is 5.02 Å². The van der Waals surface area contributed by atoms with Crippen LogP contribution in [0, 0.1) is 0 Å². The molecule has 8 heteroatoms. The van der Waals surface area contributed by atoms with Crippen molar-refractivity contribution >= 4 is 23.4 Å². The summed E-state index contributed by atoms with van der Waals surface area (Å²) >= 11 is 5.93. The third-order valence-corrected chi connectivity index (χ3v) is 5.22. The highest BCUT2D eigenvalue weighted by molar-refractivity contribution is 6.30. The van der Waals surface area contributed by atoms with Gasteiger partial charge in [0.05, 0.1) is 6.33 Å². The van der Waals surface area contributed by atoms with Crippen molar-refractivity contribution in [1.29, 1.82) is 0 Å².